The third-order valence-electron chi connectivity index (χ3n) is 4.96. The molecule has 7 nitrogen and oxygen atoms in total. The Balaban J connectivity index is 1.21. The lowest BCUT2D eigenvalue weighted by Crippen LogP contribution is -2.44. The van der Waals surface area contributed by atoms with Gasteiger partial charge in [-0.25, -0.2) is 14.4 Å². The largest absolute Gasteiger partial charge is 0.856 e. The maximum Gasteiger partial charge on any atom is 0.213 e. The van der Waals surface area contributed by atoms with Crippen molar-refractivity contribution in [2.45, 2.75) is 43.6 Å². The van der Waals surface area contributed by atoms with Crippen LogP contribution in [0.15, 0.2) is 47.2 Å². The van der Waals surface area contributed by atoms with Crippen LogP contribution in [0, 0.1) is 0 Å². The number of hydrogen-bond acceptors (Lipinski definition) is 7. The Hall–Kier alpha value is -3.16. The molecule has 0 atom stereocenters. The molecule has 8 heteroatoms. The van der Waals surface area contributed by atoms with E-state index >= 15 is 4.39 Å². The van der Waals surface area contributed by atoms with E-state index in [4.69, 9.17) is 14.0 Å². The molecule has 5 rings (SSSR count). The van der Waals surface area contributed by atoms with Crippen molar-refractivity contribution >= 4 is 0 Å². The Morgan fingerprint density at radius 1 is 1.04 bits per heavy atom. The molecule has 3 aromatic heterocycles. The van der Waals surface area contributed by atoms with Gasteiger partial charge >= 0.3 is 0 Å². The van der Waals surface area contributed by atoms with Crippen LogP contribution < -0.4 is 14.6 Å². The van der Waals surface area contributed by atoms with Crippen LogP contribution in [0.25, 0.3) is 11.3 Å². The smallest absolute Gasteiger partial charge is 0.213 e. The third kappa shape index (κ3) is 3.37. The predicted molar refractivity (Wildman–Crippen MR) is 93.5 cm³/mol. The molecule has 0 N–H and O–H groups in total. The molecule has 3 aromatic rings. The van der Waals surface area contributed by atoms with Crippen LogP contribution in [-0.4, -0.2) is 27.3 Å². The zero-order valence-corrected chi connectivity index (χ0v) is 14.9. The van der Waals surface area contributed by atoms with Gasteiger partial charge in [0.15, 0.2) is 5.76 Å². The van der Waals surface area contributed by atoms with Crippen LogP contribution in [0.3, 0.4) is 0 Å². The number of rotatable bonds is 6. The molecule has 0 unspecified atom stereocenters. The van der Waals surface area contributed by atoms with Crippen LogP contribution in [0.4, 0.5) is 4.39 Å². The van der Waals surface area contributed by atoms with E-state index in [0.717, 1.165) is 12.8 Å². The summed E-state index contributed by atoms with van der Waals surface area (Å²) < 4.78 is 31.5. The molecule has 2 aliphatic rings. The van der Waals surface area contributed by atoms with Crippen molar-refractivity contribution in [1.29, 1.82) is 0 Å². The second kappa shape index (κ2) is 6.47. The summed E-state index contributed by atoms with van der Waals surface area (Å²) >= 11 is 0. The Morgan fingerprint density at radius 2 is 1.86 bits per heavy atom. The van der Waals surface area contributed by atoms with Gasteiger partial charge in [-0.15, -0.1) is 0 Å². The van der Waals surface area contributed by atoms with Crippen molar-refractivity contribution < 1.29 is 23.5 Å². The summed E-state index contributed by atoms with van der Waals surface area (Å²) in [5, 5.41) is 14.4. The standard InChI is InChI=1S/C20H18FN3O4/c21-20(13-5-6-22-19(7-13)26-14-2-3-14)9-15(10-20)27-18-4-1-12(11-23-18)16-8-17(25)24-28-16/h1,4-8,11,14-15H,2-3,9-10H2,(H,24,25)/p-1. The van der Waals surface area contributed by atoms with E-state index in [-0.39, 0.29) is 25.0 Å². The number of ether oxygens (including phenoxy) is 2. The number of nitrogens with zero attached hydrogens (tertiary/aromatic N) is 3. The van der Waals surface area contributed by atoms with E-state index in [1.807, 2.05) is 0 Å². The van der Waals surface area contributed by atoms with Crippen molar-refractivity contribution in [2.24, 2.45) is 0 Å². The van der Waals surface area contributed by atoms with Crippen molar-refractivity contribution in [2.75, 3.05) is 0 Å². The zero-order chi connectivity index (χ0) is 19.1. The van der Waals surface area contributed by atoms with Crippen molar-refractivity contribution in [3.05, 3.63) is 48.3 Å². The van der Waals surface area contributed by atoms with E-state index in [1.54, 1.807) is 30.5 Å². The molecular formula is C20H17FN3O4-. The normalized spacial score (nSPS) is 23.8. The van der Waals surface area contributed by atoms with Crippen LogP contribution in [0.2, 0.25) is 0 Å². The second-order valence-electron chi connectivity index (χ2n) is 7.23. The molecule has 28 heavy (non-hydrogen) atoms. The van der Waals surface area contributed by atoms with Gasteiger partial charge in [0.25, 0.3) is 0 Å². The third-order valence-corrected chi connectivity index (χ3v) is 4.96. The molecule has 2 aliphatic carbocycles. The maximum atomic E-state index is 15.2. The van der Waals surface area contributed by atoms with Crippen molar-refractivity contribution in [3.8, 4) is 29.0 Å². The van der Waals surface area contributed by atoms with Gasteiger partial charge in [0.1, 0.15) is 17.9 Å². The molecule has 0 amide bonds. The minimum absolute atomic E-state index is 0.224. The summed E-state index contributed by atoms with van der Waals surface area (Å²) in [4.78, 5) is 8.35. The van der Waals surface area contributed by atoms with E-state index in [1.165, 1.54) is 12.3 Å². The minimum Gasteiger partial charge on any atom is -0.856 e. The van der Waals surface area contributed by atoms with E-state index in [0.29, 0.717) is 28.6 Å². The topological polar surface area (TPSA) is 93.3 Å². The summed E-state index contributed by atoms with van der Waals surface area (Å²) in [6.07, 6.45) is 5.62. The molecule has 3 heterocycles. The highest BCUT2D eigenvalue weighted by Crippen LogP contribution is 2.47. The SMILES string of the molecule is [O-]c1cc(-c2ccc(OC3CC(F)(c4ccnc(OC5CC5)c4)C3)nc2)on1. The quantitative estimate of drug-likeness (QED) is 0.646. The summed E-state index contributed by atoms with van der Waals surface area (Å²) in [5.74, 6) is 0.778. The predicted octanol–water partition coefficient (Wildman–Crippen LogP) is 3.15. The summed E-state index contributed by atoms with van der Waals surface area (Å²) in [7, 11) is 0. The average Bonchev–Trinajstić information content (AvgIpc) is 3.38. The molecule has 144 valence electrons. The van der Waals surface area contributed by atoms with Crippen molar-refractivity contribution in [3.63, 3.8) is 0 Å². The molecule has 2 fully saturated rings. The van der Waals surface area contributed by atoms with Gasteiger partial charge < -0.3 is 19.1 Å². The average molecular weight is 382 g/mol. The maximum absolute atomic E-state index is 15.2. The highest BCUT2D eigenvalue weighted by atomic mass is 19.1. The number of alkyl halides is 1. The monoisotopic (exact) mass is 382 g/mol. The summed E-state index contributed by atoms with van der Waals surface area (Å²) in [6, 6.07) is 8.04. The molecule has 0 radical (unpaired) electrons. The lowest BCUT2D eigenvalue weighted by Gasteiger charge is -2.41. The van der Waals surface area contributed by atoms with Gasteiger partial charge in [-0.3, -0.25) is 0 Å². The fourth-order valence-electron chi connectivity index (χ4n) is 3.25. The molecule has 0 spiro atoms. The second-order valence-corrected chi connectivity index (χ2v) is 7.23. The number of hydrogen-bond donors (Lipinski definition) is 0. The first-order chi connectivity index (χ1) is 13.6. The Kier molecular flexibility index (Phi) is 3.92. The first-order valence-corrected chi connectivity index (χ1v) is 9.16. The van der Waals surface area contributed by atoms with E-state index < -0.39 is 11.5 Å². The van der Waals surface area contributed by atoms with Gasteiger partial charge in [0.05, 0.1) is 0 Å². The minimum atomic E-state index is -1.44. The van der Waals surface area contributed by atoms with Crippen molar-refractivity contribution in [1.82, 2.24) is 15.1 Å². The molecule has 0 saturated heterocycles. The van der Waals surface area contributed by atoms with E-state index in [2.05, 4.69) is 15.1 Å². The lowest BCUT2D eigenvalue weighted by atomic mass is 9.74. The highest BCUT2D eigenvalue weighted by molar-refractivity contribution is 5.56. The molecule has 0 aliphatic heterocycles. The highest BCUT2D eigenvalue weighted by Gasteiger charge is 2.48. The van der Waals surface area contributed by atoms with Gasteiger partial charge in [0.2, 0.25) is 11.8 Å². The van der Waals surface area contributed by atoms with Gasteiger partial charge in [-0.1, -0.05) is 5.16 Å². The fourth-order valence-corrected chi connectivity index (χ4v) is 3.25. The number of aromatic nitrogens is 3. The number of pyridine rings is 2. The van der Waals surface area contributed by atoms with Crippen LogP contribution in [0.1, 0.15) is 31.2 Å². The Morgan fingerprint density at radius 3 is 2.54 bits per heavy atom. The first kappa shape index (κ1) is 17.0. The Bertz CT molecular complexity index is 981. The van der Waals surface area contributed by atoms with Gasteiger partial charge in [-0.2, -0.15) is 0 Å². The lowest BCUT2D eigenvalue weighted by molar-refractivity contribution is -0.277. The molecular weight excluding hydrogens is 365 g/mol. The fraction of sp³-hybridized carbons (Fsp3) is 0.350. The van der Waals surface area contributed by atoms with Gasteiger partial charge in [0, 0.05) is 48.8 Å². The van der Waals surface area contributed by atoms with E-state index in [9.17, 15) is 5.11 Å². The molecule has 0 aromatic carbocycles. The molecule has 2 saturated carbocycles. The summed E-state index contributed by atoms with van der Waals surface area (Å²) in [6.45, 7) is 0. The Labute approximate surface area is 160 Å². The van der Waals surface area contributed by atoms with Crippen LogP contribution in [0.5, 0.6) is 17.6 Å². The van der Waals surface area contributed by atoms with Crippen LogP contribution in [-0.2, 0) is 5.67 Å². The zero-order valence-electron chi connectivity index (χ0n) is 14.9. The van der Waals surface area contributed by atoms with Crippen LogP contribution >= 0.6 is 0 Å². The number of halogens is 1. The van der Waals surface area contributed by atoms with Gasteiger partial charge in [-0.05, 0) is 36.6 Å². The summed E-state index contributed by atoms with van der Waals surface area (Å²) in [5.41, 5.74) is -0.255. The molecule has 0 bridgehead atoms. The first-order valence-electron chi connectivity index (χ1n) is 9.16.